The molecule has 10 heteroatoms. The summed E-state index contributed by atoms with van der Waals surface area (Å²) in [5, 5.41) is 5.00. The van der Waals surface area contributed by atoms with Crippen molar-refractivity contribution in [2.75, 3.05) is 11.9 Å². The van der Waals surface area contributed by atoms with Gasteiger partial charge in [-0.25, -0.2) is 9.78 Å². The molecule has 0 saturated heterocycles. The normalized spacial score (nSPS) is 16.5. The SMILES string of the molecule is CCOc1ccc2c(-c3nc(C(F)(F)F)cs3)c(-c3ccc(NC(=O)OC(C)C4CC4)cc3)n(C3CCC3)c2c1. The Kier molecular flexibility index (Phi) is 6.98. The van der Waals surface area contributed by atoms with Gasteiger partial charge >= 0.3 is 12.3 Å². The average molecular weight is 570 g/mol. The number of benzene rings is 2. The number of hydrogen-bond donors (Lipinski definition) is 1. The van der Waals surface area contributed by atoms with Gasteiger partial charge in [0.05, 0.1) is 17.8 Å². The van der Waals surface area contributed by atoms with Crippen molar-refractivity contribution in [3.63, 3.8) is 0 Å². The molecular formula is C30H30F3N3O3S. The summed E-state index contributed by atoms with van der Waals surface area (Å²) in [4.78, 5) is 16.4. The van der Waals surface area contributed by atoms with Crippen LogP contribution >= 0.6 is 11.3 Å². The largest absolute Gasteiger partial charge is 0.494 e. The number of halogens is 3. The molecule has 6 nitrogen and oxygen atoms in total. The van der Waals surface area contributed by atoms with Crippen LogP contribution in [0.2, 0.25) is 0 Å². The average Bonchev–Trinajstić information content (AvgIpc) is 3.53. The monoisotopic (exact) mass is 569 g/mol. The summed E-state index contributed by atoms with van der Waals surface area (Å²) in [6.45, 7) is 4.33. The first-order valence-electron chi connectivity index (χ1n) is 13.6. The highest BCUT2D eigenvalue weighted by Crippen LogP contribution is 2.48. The molecule has 1 atom stereocenters. The lowest BCUT2D eigenvalue weighted by Gasteiger charge is -2.30. The number of carbonyl (C=O) groups excluding carboxylic acids is 1. The van der Waals surface area contributed by atoms with E-state index in [4.69, 9.17) is 9.47 Å². The molecule has 4 aromatic rings. The molecule has 210 valence electrons. The summed E-state index contributed by atoms with van der Waals surface area (Å²) < 4.78 is 54.1. The second kappa shape index (κ2) is 10.5. The standard InChI is InChI=1S/C30H30F3N3O3S/c1-3-38-22-13-14-23-24(15-22)36(21-5-4-6-21)27(26(23)28-35-25(16-40-28)30(31,32)33)19-9-11-20(12-10-19)34-29(37)39-17(2)18-7-8-18/h9-18,21H,3-8H2,1-2H3,(H,34,37). The number of hydrogen-bond acceptors (Lipinski definition) is 5. The molecule has 0 spiro atoms. The minimum absolute atomic E-state index is 0.124. The topological polar surface area (TPSA) is 65.4 Å². The molecule has 2 saturated carbocycles. The fourth-order valence-corrected chi connectivity index (χ4v) is 6.16. The van der Waals surface area contributed by atoms with Gasteiger partial charge in [0.15, 0.2) is 5.69 Å². The fourth-order valence-electron chi connectivity index (χ4n) is 5.28. The van der Waals surface area contributed by atoms with E-state index in [2.05, 4.69) is 14.9 Å². The first-order valence-corrected chi connectivity index (χ1v) is 14.5. The molecule has 0 aliphatic heterocycles. The van der Waals surface area contributed by atoms with Gasteiger partial charge < -0.3 is 14.0 Å². The number of amides is 1. The number of anilines is 1. The number of nitrogens with zero attached hydrogens (tertiary/aromatic N) is 2. The van der Waals surface area contributed by atoms with Crippen LogP contribution in [0.5, 0.6) is 5.75 Å². The van der Waals surface area contributed by atoms with Gasteiger partial charge in [0.2, 0.25) is 0 Å². The number of alkyl halides is 3. The van der Waals surface area contributed by atoms with E-state index < -0.39 is 18.0 Å². The summed E-state index contributed by atoms with van der Waals surface area (Å²) in [7, 11) is 0. The van der Waals surface area contributed by atoms with Gasteiger partial charge in [-0.05, 0) is 81.7 Å². The van der Waals surface area contributed by atoms with E-state index in [1.165, 1.54) is 0 Å². The maximum Gasteiger partial charge on any atom is 0.434 e. The fraction of sp³-hybridized carbons (Fsp3) is 0.400. The highest BCUT2D eigenvalue weighted by Gasteiger charge is 2.36. The van der Waals surface area contributed by atoms with Crippen molar-refractivity contribution in [2.45, 2.75) is 64.3 Å². The summed E-state index contributed by atoms with van der Waals surface area (Å²) in [6.07, 6.45) is 0.0544. The maximum atomic E-state index is 13.5. The Morgan fingerprint density at radius 1 is 1.15 bits per heavy atom. The molecule has 2 aliphatic rings. The van der Waals surface area contributed by atoms with Crippen LogP contribution in [0.1, 0.15) is 57.7 Å². The lowest BCUT2D eigenvalue weighted by atomic mass is 9.92. The molecule has 2 aromatic carbocycles. The lowest BCUT2D eigenvalue weighted by molar-refractivity contribution is -0.140. The van der Waals surface area contributed by atoms with Crippen LogP contribution in [0.15, 0.2) is 47.8 Å². The molecule has 0 radical (unpaired) electrons. The quantitative estimate of drug-likeness (QED) is 0.230. The van der Waals surface area contributed by atoms with Crippen molar-refractivity contribution in [1.82, 2.24) is 9.55 Å². The number of thiazole rings is 1. The third kappa shape index (κ3) is 5.16. The molecule has 6 rings (SSSR count). The van der Waals surface area contributed by atoms with Crippen molar-refractivity contribution < 1.29 is 27.4 Å². The predicted molar refractivity (Wildman–Crippen MR) is 150 cm³/mol. The highest BCUT2D eigenvalue weighted by atomic mass is 32.1. The van der Waals surface area contributed by atoms with E-state index in [0.717, 1.165) is 71.0 Å². The van der Waals surface area contributed by atoms with Crippen molar-refractivity contribution in [2.24, 2.45) is 5.92 Å². The second-order valence-electron chi connectivity index (χ2n) is 10.5. The van der Waals surface area contributed by atoms with E-state index in [-0.39, 0.29) is 12.1 Å². The smallest absolute Gasteiger partial charge is 0.434 e. The summed E-state index contributed by atoms with van der Waals surface area (Å²) in [6, 6.07) is 13.3. The number of carbonyl (C=O) groups is 1. The third-order valence-electron chi connectivity index (χ3n) is 7.72. The zero-order valence-electron chi connectivity index (χ0n) is 22.3. The van der Waals surface area contributed by atoms with Crippen LogP contribution in [0.25, 0.3) is 32.7 Å². The molecule has 1 unspecified atom stereocenters. The number of fused-ring (bicyclic) bond motifs is 1. The number of nitrogens with one attached hydrogen (secondary N) is 1. The number of aromatic nitrogens is 2. The van der Waals surface area contributed by atoms with Gasteiger partial charge in [-0.1, -0.05) is 12.1 Å². The third-order valence-corrected chi connectivity index (χ3v) is 8.58. The van der Waals surface area contributed by atoms with Gasteiger partial charge in [-0.3, -0.25) is 5.32 Å². The Bertz CT molecular complexity index is 1540. The van der Waals surface area contributed by atoms with Crippen LogP contribution in [0.4, 0.5) is 23.7 Å². The second-order valence-corrected chi connectivity index (χ2v) is 11.3. The van der Waals surface area contributed by atoms with Gasteiger partial charge in [0, 0.05) is 34.1 Å². The Balaban J connectivity index is 1.44. The zero-order chi connectivity index (χ0) is 28.0. The van der Waals surface area contributed by atoms with Gasteiger partial charge in [0.1, 0.15) is 16.9 Å². The Labute approximate surface area is 234 Å². The minimum Gasteiger partial charge on any atom is -0.494 e. The maximum absolute atomic E-state index is 13.5. The molecule has 0 bridgehead atoms. The van der Waals surface area contributed by atoms with Crippen molar-refractivity contribution in [1.29, 1.82) is 0 Å². The Morgan fingerprint density at radius 2 is 1.90 bits per heavy atom. The molecule has 1 amide bonds. The van der Waals surface area contributed by atoms with E-state index in [1.807, 2.05) is 44.2 Å². The first-order chi connectivity index (χ1) is 19.2. The molecule has 1 N–H and O–H groups in total. The molecule has 2 fully saturated rings. The van der Waals surface area contributed by atoms with Crippen molar-refractivity contribution in [3.05, 3.63) is 53.5 Å². The summed E-state index contributed by atoms with van der Waals surface area (Å²) >= 11 is 0.994. The van der Waals surface area contributed by atoms with Crippen LogP contribution < -0.4 is 10.1 Å². The Hall–Kier alpha value is -3.53. The van der Waals surface area contributed by atoms with E-state index in [9.17, 15) is 18.0 Å². The van der Waals surface area contributed by atoms with Crippen LogP contribution in [-0.2, 0) is 10.9 Å². The highest BCUT2D eigenvalue weighted by molar-refractivity contribution is 7.13. The predicted octanol–water partition coefficient (Wildman–Crippen LogP) is 8.92. The van der Waals surface area contributed by atoms with Gasteiger partial charge in [-0.2, -0.15) is 13.2 Å². The zero-order valence-corrected chi connectivity index (χ0v) is 23.1. The first kappa shape index (κ1) is 26.7. The number of ether oxygens (including phenoxy) is 2. The van der Waals surface area contributed by atoms with Crippen LogP contribution in [0, 0.1) is 5.92 Å². The van der Waals surface area contributed by atoms with Crippen molar-refractivity contribution in [3.8, 4) is 27.6 Å². The van der Waals surface area contributed by atoms with Crippen molar-refractivity contribution >= 4 is 34.0 Å². The molecule has 40 heavy (non-hydrogen) atoms. The lowest BCUT2D eigenvalue weighted by Crippen LogP contribution is -2.21. The molecule has 2 aliphatic carbocycles. The van der Waals surface area contributed by atoms with Gasteiger partial charge in [-0.15, -0.1) is 11.3 Å². The molecule has 2 heterocycles. The van der Waals surface area contributed by atoms with Gasteiger partial charge in [0.25, 0.3) is 0 Å². The molecular weight excluding hydrogens is 539 g/mol. The van der Waals surface area contributed by atoms with Crippen LogP contribution in [-0.4, -0.2) is 28.4 Å². The van der Waals surface area contributed by atoms with E-state index >= 15 is 0 Å². The van der Waals surface area contributed by atoms with E-state index in [0.29, 0.717) is 34.5 Å². The van der Waals surface area contributed by atoms with Crippen LogP contribution in [0.3, 0.4) is 0 Å². The minimum atomic E-state index is -4.53. The summed E-state index contributed by atoms with van der Waals surface area (Å²) in [5.74, 6) is 1.15. The molecule has 2 aromatic heterocycles. The van der Waals surface area contributed by atoms with E-state index in [1.54, 1.807) is 12.1 Å². The summed E-state index contributed by atoms with van der Waals surface area (Å²) in [5.41, 5.74) is 2.90. The Morgan fingerprint density at radius 3 is 2.50 bits per heavy atom. The number of rotatable bonds is 8.